The van der Waals surface area contributed by atoms with E-state index >= 15 is 0 Å². The molecule has 1 rings (SSSR count). The Balaban J connectivity index is 2.63. The van der Waals surface area contributed by atoms with E-state index in [0.717, 1.165) is 0 Å². The van der Waals surface area contributed by atoms with Gasteiger partial charge in [-0.25, -0.2) is 0 Å². The molecule has 0 heterocycles. The highest BCUT2D eigenvalue weighted by molar-refractivity contribution is 5.31. The lowest BCUT2D eigenvalue weighted by molar-refractivity contribution is -0.153. The van der Waals surface area contributed by atoms with Crippen molar-refractivity contribution < 1.29 is 17.9 Å². The molecule has 75 valence electrons. The van der Waals surface area contributed by atoms with E-state index in [4.69, 9.17) is 0 Å². The second-order valence-corrected chi connectivity index (χ2v) is 2.61. The van der Waals surface area contributed by atoms with Crippen LogP contribution in [0.3, 0.4) is 0 Å². The summed E-state index contributed by atoms with van der Waals surface area (Å²) >= 11 is 0. The summed E-state index contributed by atoms with van der Waals surface area (Å²) in [4.78, 5) is 0. The molecule has 1 radical (unpaired) electrons. The van der Waals surface area contributed by atoms with E-state index in [1.54, 1.807) is 12.1 Å². The molecule has 0 fully saturated rings. The van der Waals surface area contributed by atoms with Crippen LogP contribution in [0.4, 0.5) is 13.2 Å². The van der Waals surface area contributed by atoms with Crippen LogP contribution in [0.2, 0.25) is 0 Å². The van der Waals surface area contributed by atoms with Crippen molar-refractivity contribution in [3.63, 3.8) is 0 Å². The van der Waals surface area contributed by atoms with E-state index in [2.05, 4.69) is 17.4 Å². The first-order valence-electron chi connectivity index (χ1n) is 3.84. The molecule has 0 saturated heterocycles. The summed E-state index contributed by atoms with van der Waals surface area (Å²) in [7, 11) is 0. The van der Waals surface area contributed by atoms with Crippen LogP contribution in [-0.2, 0) is 0 Å². The van der Waals surface area contributed by atoms with E-state index in [1.165, 1.54) is 12.1 Å². The third kappa shape index (κ3) is 3.51. The van der Waals surface area contributed by atoms with Gasteiger partial charge in [0.25, 0.3) is 0 Å². The zero-order valence-corrected chi connectivity index (χ0v) is 7.27. The molecule has 1 aromatic carbocycles. The fourth-order valence-electron chi connectivity index (χ4n) is 0.861. The highest BCUT2D eigenvalue weighted by atomic mass is 19.4. The lowest BCUT2D eigenvalue weighted by Gasteiger charge is -2.09. The number of hydrogen-bond acceptors (Lipinski definition) is 1. The molecule has 0 amide bonds. The lowest BCUT2D eigenvalue weighted by atomic mass is 10.2. The van der Waals surface area contributed by atoms with Gasteiger partial charge in [0.1, 0.15) is 5.75 Å². The Morgan fingerprint density at radius 1 is 1.36 bits per heavy atom. The topological polar surface area (TPSA) is 9.23 Å². The maximum atomic E-state index is 11.8. The van der Waals surface area contributed by atoms with Crippen LogP contribution in [0.5, 0.6) is 5.75 Å². The van der Waals surface area contributed by atoms with Crippen molar-refractivity contribution in [2.75, 3.05) is 6.61 Å². The first kappa shape index (κ1) is 10.6. The third-order valence-electron chi connectivity index (χ3n) is 1.44. The molecule has 0 bridgehead atoms. The fraction of sp³-hybridized carbons (Fsp3) is 0.200. The van der Waals surface area contributed by atoms with Crippen molar-refractivity contribution in [1.82, 2.24) is 0 Å². The Morgan fingerprint density at radius 2 is 2.07 bits per heavy atom. The molecule has 1 aromatic rings. The van der Waals surface area contributed by atoms with Gasteiger partial charge in [0.15, 0.2) is 6.61 Å². The van der Waals surface area contributed by atoms with Gasteiger partial charge in [-0.2, -0.15) is 13.2 Å². The first-order chi connectivity index (χ1) is 6.51. The van der Waals surface area contributed by atoms with Crippen LogP contribution >= 0.6 is 0 Å². The Bertz CT molecular complexity index is 317. The van der Waals surface area contributed by atoms with Crippen LogP contribution in [0.1, 0.15) is 5.56 Å². The highest BCUT2D eigenvalue weighted by Gasteiger charge is 2.28. The van der Waals surface area contributed by atoms with E-state index in [1.807, 2.05) is 0 Å². The third-order valence-corrected chi connectivity index (χ3v) is 1.44. The van der Waals surface area contributed by atoms with E-state index in [0.29, 0.717) is 5.56 Å². The van der Waals surface area contributed by atoms with Gasteiger partial charge in [0, 0.05) is 0 Å². The maximum absolute atomic E-state index is 11.8. The van der Waals surface area contributed by atoms with Gasteiger partial charge in [-0.05, 0) is 23.8 Å². The second kappa shape index (κ2) is 4.17. The number of hydrogen-bond donors (Lipinski definition) is 0. The van der Waals surface area contributed by atoms with Crippen molar-refractivity contribution in [1.29, 1.82) is 0 Å². The zero-order valence-electron chi connectivity index (χ0n) is 7.27. The van der Waals surface area contributed by atoms with Gasteiger partial charge in [0.2, 0.25) is 0 Å². The largest absolute Gasteiger partial charge is 0.484 e. The molecule has 0 aliphatic carbocycles. The number of rotatable bonds is 3. The summed E-state index contributed by atoms with van der Waals surface area (Å²) < 4.78 is 39.8. The van der Waals surface area contributed by atoms with Crippen LogP contribution in [0.25, 0.3) is 0 Å². The molecule has 4 heteroatoms. The van der Waals surface area contributed by atoms with Gasteiger partial charge in [-0.3, -0.25) is 0 Å². The summed E-state index contributed by atoms with van der Waals surface area (Å²) in [6.07, 6.45) is -1.76. The molecule has 0 spiro atoms. The number of benzene rings is 1. The number of ether oxygens (including phenoxy) is 1. The standard InChI is InChI=1S/C10H8F3O/c1-2-8-4-3-5-9(6-8)14-7-10(11,12)13/h3-6H,1,7H2. The lowest BCUT2D eigenvalue weighted by Crippen LogP contribution is -2.19. The Morgan fingerprint density at radius 3 is 2.64 bits per heavy atom. The number of alkyl halides is 3. The van der Waals surface area contributed by atoms with Crippen molar-refractivity contribution >= 4 is 0 Å². The summed E-state index contributed by atoms with van der Waals surface area (Å²) in [5, 5.41) is 0. The molecular formula is C10H8F3O. The Labute approximate surface area is 79.8 Å². The zero-order chi connectivity index (χ0) is 10.6. The maximum Gasteiger partial charge on any atom is 0.422 e. The fourth-order valence-corrected chi connectivity index (χ4v) is 0.861. The molecule has 0 aromatic heterocycles. The minimum Gasteiger partial charge on any atom is -0.484 e. The minimum atomic E-state index is -4.31. The summed E-state index contributed by atoms with van der Waals surface area (Å²) in [6.45, 7) is 2.09. The van der Waals surface area contributed by atoms with Crippen molar-refractivity contribution in [3.05, 3.63) is 42.5 Å². The van der Waals surface area contributed by atoms with Gasteiger partial charge in [-0.15, -0.1) is 0 Å². The SMILES string of the molecule is C=[C]c1cccc(OCC(F)(F)F)c1. The Kier molecular flexibility index (Phi) is 3.17. The predicted octanol–water partition coefficient (Wildman–Crippen LogP) is 2.96. The quantitative estimate of drug-likeness (QED) is 0.730. The van der Waals surface area contributed by atoms with Crippen LogP contribution < -0.4 is 4.74 Å². The summed E-state index contributed by atoms with van der Waals surface area (Å²) in [6, 6.07) is 6.15. The number of halogens is 3. The van der Waals surface area contributed by atoms with Crippen molar-refractivity contribution in [2.24, 2.45) is 0 Å². The molecule has 0 saturated carbocycles. The molecule has 0 aliphatic rings. The van der Waals surface area contributed by atoms with Crippen LogP contribution in [-0.4, -0.2) is 12.8 Å². The molecule has 0 aliphatic heterocycles. The average Bonchev–Trinajstić information content (AvgIpc) is 2.14. The molecule has 1 nitrogen and oxygen atoms in total. The monoisotopic (exact) mass is 201 g/mol. The van der Waals surface area contributed by atoms with Gasteiger partial charge >= 0.3 is 6.18 Å². The van der Waals surface area contributed by atoms with E-state index in [-0.39, 0.29) is 5.75 Å². The molecule has 0 N–H and O–H groups in total. The normalized spacial score (nSPS) is 11.1. The molecule has 14 heavy (non-hydrogen) atoms. The molecule has 0 atom stereocenters. The van der Waals surface area contributed by atoms with E-state index < -0.39 is 12.8 Å². The first-order valence-corrected chi connectivity index (χ1v) is 3.84. The van der Waals surface area contributed by atoms with Gasteiger partial charge in [-0.1, -0.05) is 18.7 Å². The summed E-state index contributed by atoms with van der Waals surface area (Å²) in [5.74, 6) is 0.163. The van der Waals surface area contributed by atoms with Gasteiger partial charge in [0.05, 0.1) is 0 Å². The van der Waals surface area contributed by atoms with Crippen molar-refractivity contribution in [3.8, 4) is 5.75 Å². The molecule has 0 unspecified atom stereocenters. The summed E-state index contributed by atoms with van der Waals surface area (Å²) in [5.41, 5.74) is 0.602. The van der Waals surface area contributed by atoms with Crippen LogP contribution in [0, 0.1) is 6.08 Å². The highest BCUT2D eigenvalue weighted by Crippen LogP contribution is 2.19. The average molecular weight is 201 g/mol. The predicted molar refractivity (Wildman–Crippen MR) is 46.0 cm³/mol. The van der Waals surface area contributed by atoms with Gasteiger partial charge < -0.3 is 4.74 Å². The van der Waals surface area contributed by atoms with E-state index in [9.17, 15) is 13.2 Å². The Hall–Kier alpha value is -1.45. The minimum absolute atomic E-state index is 0.163. The smallest absolute Gasteiger partial charge is 0.422 e. The van der Waals surface area contributed by atoms with Crippen LogP contribution in [0.15, 0.2) is 30.8 Å². The van der Waals surface area contributed by atoms with Crippen molar-refractivity contribution in [2.45, 2.75) is 6.18 Å². The second-order valence-electron chi connectivity index (χ2n) is 2.61. The molecular weight excluding hydrogens is 193 g/mol.